The van der Waals surface area contributed by atoms with E-state index in [-0.39, 0.29) is 0 Å². The van der Waals surface area contributed by atoms with Gasteiger partial charge in [0.25, 0.3) is 0 Å². The van der Waals surface area contributed by atoms with Crippen molar-refractivity contribution in [2.75, 3.05) is 5.88 Å². The van der Waals surface area contributed by atoms with E-state index in [0.717, 1.165) is 18.7 Å². The number of halogens is 1. The number of hydrogen-bond donors (Lipinski definition) is 0. The quantitative estimate of drug-likeness (QED) is 0.291. The maximum absolute atomic E-state index is 5.61. The van der Waals surface area contributed by atoms with Crippen LogP contribution in [0.1, 0.15) is 64.7 Å². The van der Waals surface area contributed by atoms with Crippen molar-refractivity contribution in [1.82, 2.24) is 0 Å². The first kappa shape index (κ1) is 15.6. The van der Waals surface area contributed by atoms with Crippen molar-refractivity contribution in [3.05, 3.63) is 12.2 Å². The standard InChI is InChI=1S/C15H25Cl/c1-2-3-4-5-6-7-8-9-10-11-12-13-14-15-16/h5-6H,2-4,9-15H2,1H3. The fourth-order valence-electron chi connectivity index (χ4n) is 1.43. The average Bonchev–Trinajstić information content (AvgIpc) is 2.31. The predicted octanol–water partition coefficient (Wildman–Crippen LogP) is 5.32. The number of alkyl halides is 1. The smallest absolute Gasteiger partial charge is 0.0223 e. The molecule has 0 nitrogen and oxygen atoms in total. The Morgan fingerprint density at radius 3 is 2.50 bits per heavy atom. The van der Waals surface area contributed by atoms with Gasteiger partial charge >= 0.3 is 0 Å². The van der Waals surface area contributed by atoms with E-state index in [2.05, 4.69) is 24.8 Å². The third kappa shape index (κ3) is 13.6. The second kappa shape index (κ2) is 14.6. The lowest BCUT2D eigenvalue weighted by Crippen LogP contribution is -1.79. The monoisotopic (exact) mass is 240 g/mol. The summed E-state index contributed by atoms with van der Waals surface area (Å²) in [4.78, 5) is 0. The number of rotatable bonds is 9. The zero-order chi connectivity index (χ0) is 11.9. The van der Waals surface area contributed by atoms with Crippen LogP contribution in [0.25, 0.3) is 0 Å². The molecule has 0 aliphatic rings. The highest BCUT2D eigenvalue weighted by atomic mass is 35.5. The number of hydrogen-bond acceptors (Lipinski definition) is 0. The molecule has 0 bridgehead atoms. The Labute approximate surface area is 106 Å². The molecule has 0 aliphatic carbocycles. The van der Waals surface area contributed by atoms with Gasteiger partial charge in [0.1, 0.15) is 0 Å². The highest BCUT2D eigenvalue weighted by Gasteiger charge is 1.87. The molecule has 16 heavy (non-hydrogen) atoms. The molecule has 92 valence electrons. The van der Waals surface area contributed by atoms with Gasteiger partial charge in [-0.15, -0.1) is 11.6 Å². The Morgan fingerprint density at radius 2 is 1.75 bits per heavy atom. The Balaban J connectivity index is 3.18. The van der Waals surface area contributed by atoms with Crippen LogP contribution in [0, 0.1) is 11.8 Å². The van der Waals surface area contributed by atoms with Crippen LogP contribution in [-0.4, -0.2) is 5.88 Å². The highest BCUT2D eigenvalue weighted by Crippen LogP contribution is 2.05. The van der Waals surface area contributed by atoms with Crippen molar-refractivity contribution in [3.63, 3.8) is 0 Å². The molecule has 0 heterocycles. The predicted molar refractivity (Wildman–Crippen MR) is 74.9 cm³/mol. The fourth-order valence-corrected chi connectivity index (χ4v) is 1.62. The average molecular weight is 241 g/mol. The van der Waals surface area contributed by atoms with Gasteiger partial charge in [0.15, 0.2) is 0 Å². The largest absolute Gasteiger partial charge is 0.127 e. The molecule has 0 amide bonds. The summed E-state index contributed by atoms with van der Waals surface area (Å²) >= 11 is 5.61. The Morgan fingerprint density at radius 1 is 1.00 bits per heavy atom. The first-order valence-electron chi connectivity index (χ1n) is 6.61. The maximum Gasteiger partial charge on any atom is 0.0223 e. The van der Waals surface area contributed by atoms with Gasteiger partial charge in [0.05, 0.1) is 0 Å². The molecule has 1 heteroatoms. The van der Waals surface area contributed by atoms with Crippen LogP contribution >= 0.6 is 11.6 Å². The SMILES string of the molecule is CCCCC=CC#CCCCCCCCCl. The van der Waals surface area contributed by atoms with E-state index in [4.69, 9.17) is 11.6 Å². The summed E-state index contributed by atoms with van der Waals surface area (Å²) in [6.07, 6.45) is 15.2. The molecule has 0 unspecified atom stereocenters. The van der Waals surface area contributed by atoms with Crippen molar-refractivity contribution in [1.29, 1.82) is 0 Å². The van der Waals surface area contributed by atoms with Gasteiger partial charge in [-0.2, -0.15) is 0 Å². The second-order valence-corrected chi connectivity index (χ2v) is 4.45. The summed E-state index contributed by atoms with van der Waals surface area (Å²) in [5.74, 6) is 7.09. The molecule has 0 fully saturated rings. The van der Waals surface area contributed by atoms with Crippen LogP contribution < -0.4 is 0 Å². The molecule has 0 atom stereocenters. The van der Waals surface area contributed by atoms with Gasteiger partial charge in [0, 0.05) is 12.3 Å². The Hall–Kier alpha value is -0.410. The van der Waals surface area contributed by atoms with Crippen LogP contribution in [0.5, 0.6) is 0 Å². The number of unbranched alkanes of at least 4 members (excludes halogenated alkanes) is 7. The fraction of sp³-hybridized carbons (Fsp3) is 0.733. The molecule has 0 aliphatic heterocycles. The molecule has 0 rings (SSSR count). The number of allylic oxidation sites excluding steroid dienone is 2. The molecule has 0 N–H and O–H groups in total. The lowest BCUT2D eigenvalue weighted by molar-refractivity contribution is 0.643. The van der Waals surface area contributed by atoms with Gasteiger partial charge in [-0.3, -0.25) is 0 Å². The van der Waals surface area contributed by atoms with Crippen LogP contribution in [0.3, 0.4) is 0 Å². The third-order valence-electron chi connectivity index (χ3n) is 2.46. The molecule has 0 spiro atoms. The van der Waals surface area contributed by atoms with E-state index in [1.807, 2.05) is 6.08 Å². The van der Waals surface area contributed by atoms with Gasteiger partial charge in [-0.25, -0.2) is 0 Å². The molecule has 0 saturated carbocycles. The van der Waals surface area contributed by atoms with Gasteiger partial charge < -0.3 is 0 Å². The zero-order valence-corrected chi connectivity index (χ0v) is 11.4. The van der Waals surface area contributed by atoms with Crippen LogP contribution in [0.4, 0.5) is 0 Å². The topological polar surface area (TPSA) is 0 Å². The molecule has 0 aromatic rings. The molecular weight excluding hydrogens is 216 g/mol. The van der Waals surface area contributed by atoms with Gasteiger partial charge in [-0.05, 0) is 25.3 Å². The summed E-state index contributed by atoms with van der Waals surface area (Å²) in [7, 11) is 0. The lowest BCUT2D eigenvalue weighted by atomic mass is 10.1. The summed E-state index contributed by atoms with van der Waals surface area (Å²) in [6, 6.07) is 0. The Bertz CT molecular complexity index is 207. The van der Waals surface area contributed by atoms with E-state index in [1.54, 1.807) is 0 Å². The van der Waals surface area contributed by atoms with E-state index >= 15 is 0 Å². The second-order valence-electron chi connectivity index (χ2n) is 4.07. The minimum atomic E-state index is 0.808. The van der Waals surface area contributed by atoms with Crippen molar-refractivity contribution >= 4 is 11.6 Å². The van der Waals surface area contributed by atoms with E-state index < -0.39 is 0 Å². The van der Waals surface area contributed by atoms with Gasteiger partial charge in [0.2, 0.25) is 0 Å². The summed E-state index contributed by atoms with van der Waals surface area (Å²) < 4.78 is 0. The molecule has 0 aromatic carbocycles. The third-order valence-corrected chi connectivity index (χ3v) is 2.73. The van der Waals surface area contributed by atoms with E-state index in [1.165, 1.54) is 44.9 Å². The van der Waals surface area contributed by atoms with Gasteiger partial charge in [-0.1, -0.05) is 56.9 Å². The van der Waals surface area contributed by atoms with E-state index in [0.29, 0.717) is 0 Å². The summed E-state index contributed by atoms with van der Waals surface area (Å²) in [6.45, 7) is 2.21. The molecular formula is C15H25Cl. The summed E-state index contributed by atoms with van der Waals surface area (Å²) in [5.41, 5.74) is 0. The first-order chi connectivity index (χ1) is 7.91. The maximum atomic E-state index is 5.61. The minimum Gasteiger partial charge on any atom is -0.127 e. The van der Waals surface area contributed by atoms with Crippen molar-refractivity contribution < 1.29 is 0 Å². The van der Waals surface area contributed by atoms with E-state index in [9.17, 15) is 0 Å². The normalized spacial score (nSPS) is 10.4. The van der Waals surface area contributed by atoms with Crippen molar-refractivity contribution in [3.8, 4) is 11.8 Å². The summed E-state index contributed by atoms with van der Waals surface area (Å²) in [5, 5.41) is 0. The van der Waals surface area contributed by atoms with Crippen molar-refractivity contribution in [2.45, 2.75) is 64.7 Å². The zero-order valence-electron chi connectivity index (χ0n) is 10.6. The minimum absolute atomic E-state index is 0.808. The Kier molecular flexibility index (Phi) is 14.2. The molecule has 0 radical (unpaired) electrons. The van der Waals surface area contributed by atoms with Crippen LogP contribution in [0.2, 0.25) is 0 Å². The lowest BCUT2D eigenvalue weighted by Gasteiger charge is -1.95. The highest BCUT2D eigenvalue weighted by molar-refractivity contribution is 6.17. The van der Waals surface area contributed by atoms with Crippen molar-refractivity contribution in [2.24, 2.45) is 0 Å². The van der Waals surface area contributed by atoms with Crippen LogP contribution in [-0.2, 0) is 0 Å². The molecule has 0 saturated heterocycles. The van der Waals surface area contributed by atoms with Crippen LogP contribution in [0.15, 0.2) is 12.2 Å². The first-order valence-corrected chi connectivity index (χ1v) is 7.14. The molecule has 0 aromatic heterocycles.